The summed E-state index contributed by atoms with van der Waals surface area (Å²) in [5.74, 6) is -4.79. The first-order chi connectivity index (χ1) is 7.91. The summed E-state index contributed by atoms with van der Waals surface area (Å²) in [7, 11) is 0. The summed E-state index contributed by atoms with van der Waals surface area (Å²) in [5.41, 5.74) is 1.51. The van der Waals surface area contributed by atoms with Crippen LogP contribution < -0.4 is 15.9 Å². The molecule has 0 aromatic carbocycles. The summed E-state index contributed by atoms with van der Waals surface area (Å²) in [4.78, 5) is 49.5. The number of carboxylic acid groups (broad SMARTS) is 2. The van der Waals surface area contributed by atoms with Crippen molar-refractivity contribution >= 4 is 23.9 Å². The molecule has 0 aliphatic carbocycles. The van der Waals surface area contributed by atoms with Crippen molar-refractivity contribution in [2.75, 3.05) is 0 Å². The van der Waals surface area contributed by atoms with Gasteiger partial charge < -0.3 is 29.5 Å². The number of hydrogen-bond acceptors (Lipinski definition) is 9. The van der Waals surface area contributed by atoms with Crippen molar-refractivity contribution < 1.29 is 56.1 Å². The molecule has 1 N–H and O–H groups in total. The van der Waals surface area contributed by atoms with Gasteiger partial charge in [-0.1, -0.05) is 0 Å². The Bertz CT molecular complexity index is 288. The monoisotopic (exact) mass is 303 g/mol. The van der Waals surface area contributed by atoms with Crippen molar-refractivity contribution in [3.8, 4) is 0 Å². The van der Waals surface area contributed by atoms with Crippen molar-refractivity contribution in [1.29, 1.82) is 0 Å². The maximum absolute atomic E-state index is 10.7. The zero-order valence-electron chi connectivity index (χ0n) is 8.95. The van der Waals surface area contributed by atoms with E-state index in [0.717, 1.165) is 0 Å². The van der Waals surface area contributed by atoms with Gasteiger partial charge >= 0.3 is 29.0 Å². The molecule has 0 rings (SSSR count). The Kier molecular flexibility index (Phi) is 10.9. The Morgan fingerprint density at radius 3 is 1.39 bits per heavy atom. The van der Waals surface area contributed by atoms with E-state index in [4.69, 9.17) is 0 Å². The molecule has 0 aliphatic heterocycles. The number of hydrogen-bond donors (Lipinski definition) is 1. The summed E-state index contributed by atoms with van der Waals surface area (Å²) >= 11 is 0. The van der Waals surface area contributed by atoms with Crippen LogP contribution in [-0.4, -0.2) is 23.9 Å². The average Bonchev–Trinajstić information content (AvgIpc) is 2.23. The van der Waals surface area contributed by atoms with E-state index in [1.165, 1.54) is 5.64 Å². The van der Waals surface area contributed by atoms with E-state index in [2.05, 4.69) is 9.68 Å². The van der Waals surface area contributed by atoms with Crippen LogP contribution in [0.25, 0.3) is 0 Å². The molecule has 0 amide bonds. The van der Waals surface area contributed by atoms with Crippen molar-refractivity contribution in [3.63, 3.8) is 0 Å². The van der Waals surface area contributed by atoms with Crippen LogP contribution in [0.15, 0.2) is 0 Å². The fraction of sp³-hybridized carbons (Fsp3) is 0.500. The van der Waals surface area contributed by atoms with Crippen LogP contribution in [0.4, 0.5) is 0 Å². The molecule has 0 unspecified atom stereocenters. The zero-order chi connectivity index (χ0) is 13.3. The molecule has 102 valence electrons. The first-order valence-electron chi connectivity index (χ1n) is 4.46. The van der Waals surface area contributed by atoms with Crippen molar-refractivity contribution in [1.82, 2.24) is 5.64 Å². The molecule has 10 heteroatoms. The third kappa shape index (κ3) is 12.4. The molecule has 0 aromatic heterocycles. The van der Waals surface area contributed by atoms with Gasteiger partial charge in [-0.15, -0.1) is 0 Å². The van der Waals surface area contributed by atoms with Gasteiger partial charge in [0.25, 0.3) is 0 Å². The van der Waals surface area contributed by atoms with Gasteiger partial charge in [0.2, 0.25) is 0 Å². The van der Waals surface area contributed by atoms with E-state index in [9.17, 15) is 29.4 Å². The Morgan fingerprint density at radius 1 is 0.778 bits per heavy atom. The number of aliphatic carboxylic acids is 2. The molecule has 0 heterocycles. The predicted octanol–water partition coefficient (Wildman–Crippen LogP) is -3.45. The molecule has 0 spiro atoms. The molecular formula is C8H9FeNO8. The number of carboxylic acids is 2. The molecule has 0 aromatic rings. The Morgan fingerprint density at radius 2 is 1.11 bits per heavy atom. The maximum Gasteiger partial charge on any atom is 2.00 e. The van der Waals surface area contributed by atoms with E-state index in [-0.39, 0.29) is 17.1 Å². The topological polar surface area (TPSA) is 145 Å². The average molecular weight is 303 g/mol. The van der Waals surface area contributed by atoms with E-state index in [1.807, 2.05) is 0 Å². The van der Waals surface area contributed by atoms with Gasteiger partial charge in [0.05, 0.1) is 12.8 Å². The minimum absolute atomic E-state index is 0. The number of carbonyl (C=O) groups is 4. The number of rotatable bonds is 8. The number of carbonyl (C=O) groups excluding carboxylic acids is 4. The van der Waals surface area contributed by atoms with Crippen LogP contribution in [0.3, 0.4) is 0 Å². The van der Waals surface area contributed by atoms with Gasteiger partial charge in [-0.05, 0) is 12.8 Å². The van der Waals surface area contributed by atoms with Gasteiger partial charge in [0.15, 0.2) is 0 Å². The predicted molar refractivity (Wildman–Crippen MR) is 43.8 cm³/mol. The van der Waals surface area contributed by atoms with Gasteiger partial charge in [0, 0.05) is 17.6 Å². The summed E-state index contributed by atoms with van der Waals surface area (Å²) < 4.78 is 0. The Hall–Kier alpha value is -1.64. The maximum atomic E-state index is 10.7. The Labute approximate surface area is 112 Å². The van der Waals surface area contributed by atoms with E-state index in [0.29, 0.717) is 0 Å². The van der Waals surface area contributed by atoms with Crippen molar-refractivity contribution in [2.24, 2.45) is 0 Å². The standard InChI is InChI=1S/C8H11NO8.Fe/c10-5(11)1-3-7(14)16-9-17-8(15)4-2-6(12)13;/h9H,1-4H2,(H,10,11)(H,12,13);/q;+2/p-2. The van der Waals surface area contributed by atoms with E-state index >= 15 is 0 Å². The first-order valence-corrected chi connectivity index (χ1v) is 4.46. The molecule has 0 atom stereocenters. The summed E-state index contributed by atoms with van der Waals surface area (Å²) in [6, 6.07) is 0. The van der Waals surface area contributed by atoms with Crippen LogP contribution in [0, 0.1) is 0 Å². The van der Waals surface area contributed by atoms with Crippen molar-refractivity contribution in [2.45, 2.75) is 25.7 Å². The van der Waals surface area contributed by atoms with Gasteiger partial charge in [-0.25, -0.2) is 0 Å². The van der Waals surface area contributed by atoms with Crippen molar-refractivity contribution in [3.05, 3.63) is 0 Å². The second-order valence-electron chi connectivity index (χ2n) is 2.78. The minimum atomic E-state index is -1.42. The fourth-order valence-electron chi connectivity index (χ4n) is 0.624. The SMILES string of the molecule is O=C([O-])CCC(=O)ONOC(=O)CCC(=O)[O-].[Fe+2]. The van der Waals surface area contributed by atoms with E-state index in [1.54, 1.807) is 0 Å². The fourth-order valence-corrected chi connectivity index (χ4v) is 0.624. The van der Waals surface area contributed by atoms with Gasteiger partial charge in [0.1, 0.15) is 0 Å². The van der Waals surface area contributed by atoms with Crippen LogP contribution in [-0.2, 0) is 45.9 Å². The van der Waals surface area contributed by atoms with Crippen LogP contribution in [0.2, 0.25) is 0 Å². The molecule has 0 saturated heterocycles. The third-order valence-electron chi connectivity index (χ3n) is 1.38. The summed E-state index contributed by atoms with van der Waals surface area (Å²) in [6.07, 6.45) is -1.96. The molecule has 0 fully saturated rings. The smallest absolute Gasteiger partial charge is 0.550 e. The normalized spacial score (nSPS) is 8.89. The second kappa shape index (κ2) is 10.5. The summed E-state index contributed by atoms with van der Waals surface area (Å²) in [5, 5.41) is 19.9. The molecular weight excluding hydrogens is 294 g/mol. The van der Waals surface area contributed by atoms with Gasteiger partial charge in [-0.3, -0.25) is 9.59 Å². The molecule has 0 bridgehead atoms. The van der Waals surface area contributed by atoms with E-state index < -0.39 is 49.6 Å². The molecule has 0 saturated carbocycles. The molecule has 0 aliphatic rings. The van der Waals surface area contributed by atoms with Crippen LogP contribution in [0.5, 0.6) is 0 Å². The van der Waals surface area contributed by atoms with Gasteiger partial charge in [-0.2, -0.15) is 0 Å². The summed E-state index contributed by atoms with van der Waals surface area (Å²) in [6.45, 7) is 0. The van der Waals surface area contributed by atoms with Crippen LogP contribution in [0.1, 0.15) is 25.7 Å². The quantitative estimate of drug-likeness (QED) is 0.357. The minimum Gasteiger partial charge on any atom is -0.550 e. The largest absolute Gasteiger partial charge is 2.00 e. The molecule has 18 heavy (non-hydrogen) atoms. The first kappa shape index (κ1) is 18.7. The zero-order valence-corrected chi connectivity index (χ0v) is 10.1. The molecule has 0 radical (unpaired) electrons. The Balaban J connectivity index is 0. The molecule has 9 nitrogen and oxygen atoms in total. The third-order valence-corrected chi connectivity index (χ3v) is 1.38. The number of nitrogens with one attached hydrogen (secondary N) is 1. The second-order valence-corrected chi connectivity index (χ2v) is 2.78. The van der Waals surface area contributed by atoms with Crippen LogP contribution >= 0.6 is 0 Å².